The molecule has 11 aromatic heterocycles. The van der Waals surface area contributed by atoms with Gasteiger partial charge in [-0.15, -0.1) is 30.6 Å². The van der Waals surface area contributed by atoms with E-state index in [-0.39, 0.29) is 28.1 Å². The summed E-state index contributed by atoms with van der Waals surface area (Å²) in [6.07, 6.45) is 20.9. The zero-order valence-corrected chi connectivity index (χ0v) is 58.3. The number of pyridine rings is 4. The average molecular weight is 1330 g/mol. The molecule has 0 amide bonds. The number of hydrogen-bond acceptors (Lipinski definition) is 24. The third-order valence-corrected chi connectivity index (χ3v) is 18.9. The van der Waals surface area contributed by atoms with Gasteiger partial charge in [-0.05, 0) is 129 Å². The second kappa shape index (κ2) is 27.2. The highest BCUT2D eigenvalue weighted by Crippen LogP contribution is 2.39. The van der Waals surface area contributed by atoms with Crippen LogP contribution in [0.2, 0.25) is 0 Å². The van der Waals surface area contributed by atoms with Crippen LogP contribution in [-0.4, -0.2) is 181 Å². The van der Waals surface area contributed by atoms with Crippen LogP contribution in [-0.2, 0) is 13.5 Å². The monoisotopic (exact) mass is 1330 g/mol. The van der Waals surface area contributed by atoms with E-state index in [1.165, 1.54) is 0 Å². The first-order chi connectivity index (χ1) is 47.4. The molecule has 3 fully saturated rings. The van der Waals surface area contributed by atoms with Crippen molar-refractivity contribution >= 4 is 40.0 Å². The van der Waals surface area contributed by atoms with Gasteiger partial charge in [0.25, 0.3) is 0 Å². The molecule has 3 aliphatic heterocycles. The quantitative estimate of drug-likeness (QED) is 0.108. The lowest BCUT2D eigenvalue weighted by molar-refractivity contribution is 0.263. The Balaban J connectivity index is 0.000000133. The highest BCUT2D eigenvalue weighted by atomic mass is 16.5. The highest BCUT2D eigenvalue weighted by molar-refractivity contribution is 5.90. The second-order valence-electron chi connectivity index (χ2n) is 28.1. The Morgan fingerprint density at radius 3 is 1.48 bits per heavy atom. The number of aromatic nitrogens is 19. The molecule has 0 radical (unpaired) electrons. The molecule has 510 valence electrons. The number of fused-ring (bicyclic) bond motifs is 3. The fourth-order valence-corrected chi connectivity index (χ4v) is 12.9. The number of rotatable bonds is 11. The Bertz CT molecular complexity index is 4900. The molecular formula is C72H83N23O4. The number of hydrogen-bond donors (Lipinski definition) is 3. The fraction of sp³-hybridized carbons (Fsp3) is 0.389. The molecule has 0 saturated carbocycles. The van der Waals surface area contributed by atoms with Crippen LogP contribution in [0.4, 0.5) is 17.8 Å². The van der Waals surface area contributed by atoms with Crippen LogP contribution >= 0.6 is 0 Å². The SMILES string of the molecule is CCc1cc(-c2cnc(-c3cnc(N4CC[C@H](C(C)(C)C)C4)nn3)c(O)c2)cn2cc(C)nc12.COc1cc(-c2cnc(-c3cnc(N4CCN(C)CC4)nn3)c(O)c2)cc2cn(C)nc12.Cc1cn2nc(-c3cnc(-c4cnc(N5CC[C@H](C(C)(C)C)C5)nn4)c(O)c3)cc(C)c2n1. The molecule has 2 atom stereocenters. The van der Waals surface area contributed by atoms with E-state index in [0.29, 0.717) is 80.9 Å². The van der Waals surface area contributed by atoms with Crippen molar-refractivity contribution in [1.82, 2.24) is 99.2 Å². The number of methoxy groups -OCH3 is 1. The summed E-state index contributed by atoms with van der Waals surface area (Å²) in [4.78, 5) is 44.7. The maximum atomic E-state index is 10.8. The van der Waals surface area contributed by atoms with E-state index in [2.05, 4.69) is 162 Å². The van der Waals surface area contributed by atoms with Crippen LogP contribution in [0.1, 0.15) is 83.8 Å². The lowest BCUT2D eigenvalue weighted by atomic mass is 9.80. The number of piperazine rings is 1. The minimum Gasteiger partial charge on any atom is -0.506 e. The van der Waals surface area contributed by atoms with E-state index in [1.54, 1.807) is 71.7 Å². The standard InChI is InChI=1S/C26H31N7O.C24H28N8O.C22H24N8O2/c1-6-17-9-19(14-33-13-16(2)29-24(17)33)18-10-22(34)23(27-11-18)21-12-28-25(31-30-21)32-8-7-20(15-32)26(3,4)5;1-14-8-18(30-32-12-15(2)27-22(14)32)16-9-20(33)21(25-10-16)19-11-26-23(29-28-19)31-7-6-17(13-31)24(3,4)5;1-28-4-6-30(7-5-28)22-24-12-17(25-26-22)21-18(31)9-15(11-23-21)14-8-16-13-29(2)27-20(16)19(10-14)32-3/h9-14,20,34H,6-8,15H2,1-5H3;8-12,17,33H,6-7,13H2,1-5H3;8-13,31H,4-7H2,1-3H3/t20-;17-;/m00./s1. The number of aryl methyl sites for hydroxylation is 5. The maximum absolute atomic E-state index is 10.8. The molecule has 27 heteroatoms. The molecule has 99 heavy (non-hydrogen) atoms. The molecule has 14 heterocycles. The number of nitrogens with zero attached hydrogens (tertiary/aromatic N) is 23. The molecule has 3 saturated heterocycles. The summed E-state index contributed by atoms with van der Waals surface area (Å²) in [6.45, 7) is 29.0. The van der Waals surface area contributed by atoms with Crippen molar-refractivity contribution < 1.29 is 20.1 Å². The van der Waals surface area contributed by atoms with Gasteiger partial charge in [0.15, 0.2) is 5.65 Å². The van der Waals surface area contributed by atoms with Crippen molar-refractivity contribution in [3.05, 3.63) is 127 Å². The maximum Gasteiger partial charge on any atom is 0.245 e. The predicted octanol–water partition coefficient (Wildman–Crippen LogP) is 10.5. The Morgan fingerprint density at radius 1 is 0.485 bits per heavy atom. The molecule has 15 rings (SSSR count). The predicted molar refractivity (Wildman–Crippen MR) is 379 cm³/mol. The summed E-state index contributed by atoms with van der Waals surface area (Å²) in [5.74, 6) is 3.77. The first-order valence-electron chi connectivity index (χ1n) is 33.4. The summed E-state index contributed by atoms with van der Waals surface area (Å²) in [7, 11) is 5.58. The van der Waals surface area contributed by atoms with Crippen LogP contribution in [0.15, 0.2) is 104 Å². The smallest absolute Gasteiger partial charge is 0.245 e. The van der Waals surface area contributed by atoms with Gasteiger partial charge in [-0.25, -0.2) is 44.4 Å². The van der Waals surface area contributed by atoms with Crippen molar-refractivity contribution in [3.8, 4) is 90.7 Å². The largest absolute Gasteiger partial charge is 0.506 e. The summed E-state index contributed by atoms with van der Waals surface area (Å²) >= 11 is 0. The molecule has 0 bridgehead atoms. The lowest BCUT2D eigenvalue weighted by Gasteiger charge is -2.31. The number of imidazole rings is 2. The Kier molecular flexibility index (Phi) is 18.3. The third kappa shape index (κ3) is 14.3. The van der Waals surface area contributed by atoms with E-state index in [9.17, 15) is 15.3 Å². The Labute approximate surface area is 573 Å². The molecule has 0 unspecified atom stereocenters. The normalized spacial score (nSPS) is 16.0. The zero-order valence-electron chi connectivity index (χ0n) is 58.3. The molecule has 0 aliphatic carbocycles. The molecule has 1 aromatic carbocycles. The first-order valence-corrected chi connectivity index (χ1v) is 33.4. The van der Waals surface area contributed by atoms with Gasteiger partial charge in [0.1, 0.15) is 68.3 Å². The summed E-state index contributed by atoms with van der Waals surface area (Å²) < 4.78 is 11.0. The van der Waals surface area contributed by atoms with Crippen molar-refractivity contribution in [2.45, 2.75) is 88.5 Å². The van der Waals surface area contributed by atoms with Crippen molar-refractivity contribution in [3.63, 3.8) is 0 Å². The summed E-state index contributed by atoms with van der Waals surface area (Å²) in [5, 5.41) is 67.9. The van der Waals surface area contributed by atoms with Gasteiger partial charge in [0, 0.05) is 124 Å². The number of likely N-dealkylation sites (N-methyl/N-ethyl adjacent to an activating group) is 1. The van der Waals surface area contributed by atoms with Gasteiger partial charge in [0.2, 0.25) is 17.8 Å². The van der Waals surface area contributed by atoms with E-state index in [4.69, 9.17) is 4.74 Å². The molecule has 12 aromatic rings. The van der Waals surface area contributed by atoms with Crippen LogP contribution < -0.4 is 19.4 Å². The van der Waals surface area contributed by atoms with Crippen LogP contribution in [0.5, 0.6) is 23.0 Å². The second-order valence-corrected chi connectivity index (χ2v) is 28.1. The van der Waals surface area contributed by atoms with E-state index in [0.717, 1.165) is 139 Å². The van der Waals surface area contributed by atoms with E-state index >= 15 is 0 Å². The molecule has 3 aliphatic rings. The van der Waals surface area contributed by atoms with Gasteiger partial charge < -0.3 is 44.1 Å². The van der Waals surface area contributed by atoms with Gasteiger partial charge in [-0.1, -0.05) is 48.5 Å². The van der Waals surface area contributed by atoms with Gasteiger partial charge in [-0.2, -0.15) is 10.2 Å². The number of aromatic hydroxyl groups is 3. The zero-order chi connectivity index (χ0) is 69.6. The third-order valence-electron chi connectivity index (χ3n) is 18.9. The summed E-state index contributed by atoms with van der Waals surface area (Å²) in [6, 6.07) is 12.9. The topological polar surface area (TPSA) is 303 Å². The minimum atomic E-state index is 0.00619. The number of benzene rings is 1. The molecule has 0 spiro atoms. The molecular weight excluding hydrogens is 1250 g/mol. The van der Waals surface area contributed by atoms with Crippen molar-refractivity contribution in [2.75, 3.05) is 81.2 Å². The Morgan fingerprint density at radius 2 is 0.990 bits per heavy atom. The van der Waals surface area contributed by atoms with Gasteiger partial charge >= 0.3 is 0 Å². The van der Waals surface area contributed by atoms with Gasteiger partial charge in [0.05, 0.1) is 49.0 Å². The lowest BCUT2D eigenvalue weighted by Crippen LogP contribution is -2.45. The van der Waals surface area contributed by atoms with E-state index < -0.39 is 0 Å². The van der Waals surface area contributed by atoms with Crippen molar-refractivity contribution in [2.24, 2.45) is 29.7 Å². The summed E-state index contributed by atoms with van der Waals surface area (Å²) in [5.41, 5.74) is 14.3. The first kappa shape index (κ1) is 66.6. The van der Waals surface area contributed by atoms with E-state index in [1.807, 2.05) is 75.2 Å². The highest BCUT2D eigenvalue weighted by Gasteiger charge is 2.35. The fourth-order valence-electron chi connectivity index (χ4n) is 12.9. The Hall–Kier alpha value is -11.0. The molecule has 27 nitrogen and oxygen atoms in total. The number of anilines is 3. The van der Waals surface area contributed by atoms with Crippen LogP contribution in [0.3, 0.4) is 0 Å². The van der Waals surface area contributed by atoms with Crippen LogP contribution in [0, 0.1) is 43.4 Å². The minimum absolute atomic E-state index is 0.00619. The van der Waals surface area contributed by atoms with Crippen molar-refractivity contribution in [1.29, 1.82) is 0 Å². The van der Waals surface area contributed by atoms with Crippen LogP contribution in [0.25, 0.3) is 89.9 Å². The number of ether oxygens (including phenoxy) is 1. The average Bonchev–Trinajstić information content (AvgIpc) is 1.78. The van der Waals surface area contributed by atoms with Gasteiger partial charge in [-0.3, -0.25) is 4.68 Å². The molecule has 3 N–H and O–H groups in total.